The smallest absolute Gasteiger partial charge is 0.274 e. The Hall–Kier alpha value is -1.44. The quantitative estimate of drug-likeness (QED) is 0.841. The lowest BCUT2D eigenvalue weighted by molar-refractivity contribution is 0.0699. The maximum absolute atomic E-state index is 13.0. The minimum Gasteiger partial charge on any atom is -0.337 e. The summed E-state index contributed by atoms with van der Waals surface area (Å²) in [5.74, 6) is 0.423. The Labute approximate surface area is 170 Å². The van der Waals surface area contributed by atoms with Crippen molar-refractivity contribution in [2.75, 3.05) is 26.2 Å². The van der Waals surface area contributed by atoms with E-state index in [1.165, 1.54) is 5.01 Å². The van der Waals surface area contributed by atoms with Gasteiger partial charge in [-0.3, -0.25) is 9.48 Å². The molecule has 4 rings (SSSR count). The van der Waals surface area contributed by atoms with Gasteiger partial charge in [0.2, 0.25) is 0 Å². The number of aryl methyl sites for hydroxylation is 1. The molecule has 2 fully saturated rings. The van der Waals surface area contributed by atoms with Crippen LogP contribution < -0.4 is 5.32 Å². The van der Waals surface area contributed by atoms with Crippen LogP contribution >= 0.6 is 23.7 Å². The van der Waals surface area contributed by atoms with Crippen LogP contribution in [0, 0.1) is 0 Å². The predicted molar refractivity (Wildman–Crippen MR) is 110 cm³/mol. The Morgan fingerprint density at radius 1 is 1.37 bits per heavy atom. The summed E-state index contributed by atoms with van der Waals surface area (Å²) in [7, 11) is 0. The number of aromatic nitrogens is 3. The maximum atomic E-state index is 13.0. The molecule has 1 amide bonds. The molecule has 2 unspecified atom stereocenters. The standard InChI is InChI=1S/C19H27N5OS.ClH/c1-2-15-13-26-18(21-15)14-5-4-9-23(12-14)19(25)17-7-10-24(22-17)16-6-3-8-20-11-16;/h7,10,13-14,16,20H,2-6,8-9,11-12H2,1H3;1H. The first-order valence-electron chi connectivity index (χ1n) is 9.74. The summed E-state index contributed by atoms with van der Waals surface area (Å²) in [6.45, 7) is 5.72. The Kier molecular flexibility index (Phi) is 6.89. The lowest BCUT2D eigenvalue weighted by atomic mass is 9.98. The number of likely N-dealkylation sites (tertiary alicyclic amines) is 1. The number of carbonyl (C=O) groups is 1. The molecular weight excluding hydrogens is 382 g/mol. The average molecular weight is 410 g/mol. The number of nitrogens with one attached hydrogen (secondary N) is 1. The molecule has 0 aliphatic carbocycles. The number of hydrogen-bond donors (Lipinski definition) is 1. The van der Waals surface area contributed by atoms with Crippen molar-refractivity contribution in [2.45, 2.75) is 51.0 Å². The van der Waals surface area contributed by atoms with Gasteiger partial charge in [-0.15, -0.1) is 23.7 Å². The largest absolute Gasteiger partial charge is 0.337 e. The SMILES string of the molecule is CCc1csc(C2CCCN(C(=O)c3ccn(C4CCCNC4)n3)C2)n1.Cl. The zero-order valence-electron chi connectivity index (χ0n) is 15.8. The molecule has 2 aromatic heterocycles. The van der Waals surface area contributed by atoms with Crippen molar-refractivity contribution in [3.05, 3.63) is 34.0 Å². The van der Waals surface area contributed by atoms with E-state index in [-0.39, 0.29) is 18.3 Å². The molecule has 2 saturated heterocycles. The van der Waals surface area contributed by atoms with Gasteiger partial charge >= 0.3 is 0 Å². The van der Waals surface area contributed by atoms with Gasteiger partial charge in [-0.1, -0.05) is 6.92 Å². The first kappa shape index (κ1) is 20.3. The molecule has 0 bridgehead atoms. The Morgan fingerprint density at radius 2 is 2.26 bits per heavy atom. The van der Waals surface area contributed by atoms with E-state index in [0.717, 1.165) is 64.0 Å². The summed E-state index contributed by atoms with van der Waals surface area (Å²) in [5.41, 5.74) is 1.73. The van der Waals surface area contributed by atoms with E-state index in [1.807, 2.05) is 21.8 Å². The van der Waals surface area contributed by atoms with Crippen LogP contribution in [0.25, 0.3) is 0 Å². The maximum Gasteiger partial charge on any atom is 0.274 e. The summed E-state index contributed by atoms with van der Waals surface area (Å²) in [4.78, 5) is 19.7. The van der Waals surface area contributed by atoms with Gasteiger partial charge in [0.1, 0.15) is 5.69 Å². The van der Waals surface area contributed by atoms with Crippen molar-refractivity contribution in [3.8, 4) is 0 Å². The number of nitrogens with zero attached hydrogens (tertiary/aromatic N) is 4. The Bertz CT molecular complexity index is 755. The molecule has 2 aliphatic heterocycles. The van der Waals surface area contributed by atoms with E-state index in [4.69, 9.17) is 4.98 Å². The molecule has 0 aromatic carbocycles. The topological polar surface area (TPSA) is 63.1 Å². The van der Waals surface area contributed by atoms with E-state index in [1.54, 1.807) is 11.3 Å². The Morgan fingerprint density at radius 3 is 3.00 bits per heavy atom. The molecular formula is C19H28ClN5OS. The highest BCUT2D eigenvalue weighted by molar-refractivity contribution is 7.09. The molecule has 0 saturated carbocycles. The molecule has 148 valence electrons. The van der Waals surface area contributed by atoms with Gasteiger partial charge < -0.3 is 10.2 Å². The second-order valence-corrected chi connectivity index (χ2v) is 8.19. The van der Waals surface area contributed by atoms with E-state index >= 15 is 0 Å². The highest BCUT2D eigenvalue weighted by atomic mass is 35.5. The summed E-state index contributed by atoms with van der Waals surface area (Å²) in [5, 5.41) is 11.3. The van der Waals surface area contributed by atoms with Crippen LogP contribution in [0.3, 0.4) is 0 Å². The molecule has 2 aromatic rings. The first-order valence-corrected chi connectivity index (χ1v) is 10.6. The third-order valence-corrected chi connectivity index (χ3v) is 6.52. The summed E-state index contributed by atoms with van der Waals surface area (Å²) in [6.07, 6.45) is 7.36. The molecule has 6 nitrogen and oxygen atoms in total. The van der Waals surface area contributed by atoms with Crippen LogP contribution in [0.4, 0.5) is 0 Å². The van der Waals surface area contributed by atoms with E-state index < -0.39 is 0 Å². The fourth-order valence-corrected chi connectivity index (χ4v) is 4.94. The van der Waals surface area contributed by atoms with E-state index in [9.17, 15) is 4.79 Å². The lowest BCUT2D eigenvalue weighted by Gasteiger charge is -2.31. The van der Waals surface area contributed by atoms with Crippen LogP contribution in [-0.4, -0.2) is 51.8 Å². The number of amides is 1. The normalized spacial score (nSPS) is 23.1. The Balaban J connectivity index is 0.00000210. The van der Waals surface area contributed by atoms with Crippen LogP contribution in [0.1, 0.15) is 65.8 Å². The van der Waals surface area contributed by atoms with Gasteiger partial charge in [-0.2, -0.15) is 5.10 Å². The highest BCUT2D eigenvalue weighted by Gasteiger charge is 2.28. The molecule has 4 heterocycles. The fourth-order valence-electron chi connectivity index (χ4n) is 3.91. The van der Waals surface area contributed by atoms with Gasteiger partial charge in [-0.05, 0) is 44.7 Å². The van der Waals surface area contributed by atoms with E-state index in [2.05, 4.69) is 22.7 Å². The van der Waals surface area contributed by atoms with Crippen molar-refractivity contribution < 1.29 is 4.79 Å². The monoisotopic (exact) mass is 409 g/mol. The van der Waals surface area contributed by atoms with Crippen molar-refractivity contribution in [1.82, 2.24) is 25.0 Å². The third-order valence-electron chi connectivity index (χ3n) is 5.46. The van der Waals surface area contributed by atoms with Crippen molar-refractivity contribution in [3.63, 3.8) is 0 Å². The van der Waals surface area contributed by atoms with E-state index in [0.29, 0.717) is 17.7 Å². The third kappa shape index (κ3) is 4.52. The number of carbonyl (C=O) groups excluding carboxylic acids is 1. The average Bonchev–Trinajstić information content (AvgIpc) is 3.38. The zero-order valence-corrected chi connectivity index (χ0v) is 17.4. The van der Waals surface area contributed by atoms with Crippen molar-refractivity contribution >= 4 is 29.7 Å². The van der Waals surface area contributed by atoms with Crippen LogP contribution in [0.15, 0.2) is 17.6 Å². The van der Waals surface area contributed by atoms with Crippen LogP contribution in [0.5, 0.6) is 0 Å². The predicted octanol–water partition coefficient (Wildman–Crippen LogP) is 3.27. The second-order valence-electron chi connectivity index (χ2n) is 7.30. The summed E-state index contributed by atoms with van der Waals surface area (Å²) in [6, 6.07) is 2.24. The van der Waals surface area contributed by atoms with Gasteiger partial charge in [0.25, 0.3) is 5.91 Å². The second kappa shape index (κ2) is 9.17. The fraction of sp³-hybridized carbons (Fsp3) is 0.632. The van der Waals surface area contributed by atoms with Crippen LogP contribution in [0.2, 0.25) is 0 Å². The van der Waals surface area contributed by atoms with Crippen molar-refractivity contribution in [2.24, 2.45) is 0 Å². The number of piperidine rings is 2. The van der Waals surface area contributed by atoms with Crippen molar-refractivity contribution in [1.29, 1.82) is 0 Å². The minimum atomic E-state index is 0. The van der Waals surface area contributed by atoms with Gasteiger partial charge in [-0.25, -0.2) is 4.98 Å². The molecule has 8 heteroatoms. The summed E-state index contributed by atoms with van der Waals surface area (Å²) >= 11 is 1.74. The summed E-state index contributed by atoms with van der Waals surface area (Å²) < 4.78 is 1.97. The number of rotatable bonds is 4. The molecule has 0 radical (unpaired) electrons. The highest BCUT2D eigenvalue weighted by Crippen LogP contribution is 2.30. The molecule has 27 heavy (non-hydrogen) atoms. The molecule has 0 spiro atoms. The zero-order chi connectivity index (χ0) is 17.9. The first-order chi connectivity index (χ1) is 12.7. The van der Waals surface area contributed by atoms with Gasteiger partial charge in [0, 0.05) is 37.1 Å². The lowest BCUT2D eigenvalue weighted by Crippen LogP contribution is -2.39. The number of hydrogen-bond acceptors (Lipinski definition) is 5. The molecule has 2 atom stereocenters. The number of halogens is 1. The van der Waals surface area contributed by atoms with Gasteiger partial charge in [0.05, 0.1) is 16.7 Å². The minimum absolute atomic E-state index is 0. The molecule has 2 aliphatic rings. The van der Waals surface area contributed by atoms with Crippen LogP contribution in [-0.2, 0) is 6.42 Å². The number of thiazole rings is 1. The van der Waals surface area contributed by atoms with Gasteiger partial charge in [0.15, 0.2) is 0 Å². The molecule has 1 N–H and O–H groups in total.